The van der Waals surface area contributed by atoms with E-state index in [1.165, 1.54) is 18.2 Å². The molecule has 0 saturated heterocycles. The van der Waals surface area contributed by atoms with Gasteiger partial charge >= 0.3 is 0 Å². The van der Waals surface area contributed by atoms with Crippen LogP contribution in [-0.2, 0) is 9.59 Å². The second-order valence-electron chi connectivity index (χ2n) is 4.77. The lowest BCUT2D eigenvalue weighted by atomic mass is 10.2. The molecule has 2 aromatic carbocycles. The summed E-state index contributed by atoms with van der Waals surface area (Å²) >= 11 is 3.15. The Balaban J connectivity index is 1.94. The van der Waals surface area contributed by atoms with E-state index in [9.17, 15) is 14.0 Å². The first-order valence-electron chi connectivity index (χ1n) is 6.89. The van der Waals surface area contributed by atoms with Gasteiger partial charge < -0.3 is 15.8 Å². The number of rotatable bonds is 6. The highest BCUT2D eigenvalue weighted by atomic mass is 79.9. The van der Waals surface area contributed by atoms with Crippen LogP contribution < -0.4 is 15.8 Å². The molecule has 0 unspecified atom stereocenters. The van der Waals surface area contributed by atoms with Crippen LogP contribution in [0.5, 0.6) is 5.75 Å². The number of carbonyl (C=O) groups is 2. The normalized spacial score (nSPS) is 10.6. The van der Waals surface area contributed by atoms with E-state index in [0.717, 1.165) is 5.56 Å². The summed E-state index contributed by atoms with van der Waals surface area (Å²) in [5, 5.41) is 2.45. The number of primary amides is 1. The molecule has 7 heteroatoms. The largest absolute Gasteiger partial charge is 0.484 e. The third-order valence-electron chi connectivity index (χ3n) is 2.88. The van der Waals surface area contributed by atoms with Crippen molar-refractivity contribution in [1.29, 1.82) is 0 Å². The standard InChI is InChI=1S/C17H14BrFN2O3/c18-12-4-7-15(14(19)9-12)21-17(23)8-3-11-1-5-13(6-2-11)24-10-16(20)22/h1-9H,10H2,(H2,20,22)(H,21,23)/b8-3+. The Hall–Kier alpha value is -2.67. The smallest absolute Gasteiger partial charge is 0.255 e. The molecule has 2 aromatic rings. The molecule has 124 valence electrons. The first-order valence-corrected chi connectivity index (χ1v) is 7.68. The molecule has 0 saturated carbocycles. The summed E-state index contributed by atoms with van der Waals surface area (Å²) in [4.78, 5) is 22.4. The maximum Gasteiger partial charge on any atom is 0.255 e. The molecule has 0 spiro atoms. The van der Waals surface area contributed by atoms with Crippen molar-refractivity contribution >= 4 is 39.5 Å². The van der Waals surface area contributed by atoms with Crippen LogP contribution in [0.25, 0.3) is 6.08 Å². The van der Waals surface area contributed by atoms with Gasteiger partial charge in [-0.1, -0.05) is 28.1 Å². The minimum atomic E-state index is -0.559. The Bertz CT molecular complexity index is 776. The fourth-order valence-electron chi connectivity index (χ4n) is 1.77. The van der Waals surface area contributed by atoms with Gasteiger partial charge in [0.2, 0.25) is 5.91 Å². The zero-order valence-electron chi connectivity index (χ0n) is 12.5. The Morgan fingerprint density at radius 2 is 1.92 bits per heavy atom. The lowest BCUT2D eigenvalue weighted by molar-refractivity contribution is -0.120. The average Bonchev–Trinajstić information content (AvgIpc) is 2.54. The van der Waals surface area contributed by atoms with E-state index in [1.807, 2.05) is 0 Å². The number of ether oxygens (including phenoxy) is 1. The highest BCUT2D eigenvalue weighted by molar-refractivity contribution is 9.10. The molecule has 0 aromatic heterocycles. The fourth-order valence-corrected chi connectivity index (χ4v) is 2.10. The zero-order valence-corrected chi connectivity index (χ0v) is 14.0. The van der Waals surface area contributed by atoms with Gasteiger partial charge in [-0.05, 0) is 42.0 Å². The van der Waals surface area contributed by atoms with E-state index in [4.69, 9.17) is 10.5 Å². The van der Waals surface area contributed by atoms with Crippen LogP contribution in [0.1, 0.15) is 5.56 Å². The Morgan fingerprint density at radius 3 is 2.54 bits per heavy atom. The summed E-state index contributed by atoms with van der Waals surface area (Å²) in [7, 11) is 0. The molecule has 0 aliphatic rings. The summed E-state index contributed by atoms with van der Waals surface area (Å²) in [6, 6.07) is 11.1. The number of nitrogens with two attached hydrogens (primary N) is 1. The van der Waals surface area contributed by atoms with Gasteiger partial charge in [0.15, 0.2) is 6.61 Å². The molecule has 2 rings (SSSR count). The van der Waals surface area contributed by atoms with Gasteiger partial charge in [0.1, 0.15) is 11.6 Å². The number of hydrogen-bond donors (Lipinski definition) is 2. The average molecular weight is 393 g/mol. The van der Waals surface area contributed by atoms with Gasteiger partial charge in [-0.3, -0.25) is 9.59 Å². The number of nitrogens with one attached hydrogen (secondary N) is 1. The van der Waals surface area contributed by atoms with Gasteiger partial charge in [0, 0.05) is 10.5 Å². The molecule has 5 nitrogen and oxygen atoms in total. The zero-order chi connectivity index (χ0) is 17.5. The molecule has 2 amide bonds. The summed E-state index contributed by atoms with van der Waals surface area (Å²) in [6.07, 6.45) is 2.87. The van der Waals surface area contributed by atoms with Crippen molar-refractivity contribution in [3.05, 3.63) is 64.4 Å². The molecular weight excluding hydrogens is 379 g/mol. The Labute approximate surface area is 146 Å². The second kappa shape index (κ2) is 8.26. The van der Waals surface area contributed by atoms with Gasteiger partial charge in [-0.15, -0.1) is 0 Å². The molecular formula is C17H14BrFN2O3. The quantitative estimate of drug-likeness (QED) is 0.741. The third-order valence-corrected chi connectivity index (χ3v) is 3.37. The van der Waals surface area contributed by atoms with Gasteiger partial charge in [0.25, 0.3) is 5.91 Å². The number of halogens is 2. The summed E-state index contributed by atoms with van der Waals surface area (Å²) in [5.74, 6) is -1.05. The van der Waals surface area contributed by atoms with Crippen LogP contribution in [0.2, 0.25) is 0 Å². The van der Waals surface area contributed by atoms with E-state index in [2.05, 4.69) is 21.2 Å². The molecule has 0 atom stereocenters. The predicted molar refractivity (Wildman–Crippen MR) is 92.9 cm³/mol. The number of benzene rings is 2. The molecule has 0 aliphatic heterocycles. The first kappa shape index (κ1) is 17.7. The number of amides is 2. The van der Waals surface area contributed by atoms with Crippen LogP contribution in [0.4, 0.5) is 10.1 Å². The number of carbonyl (C=O) groups excluding carboxylic acids is 2. The van der Waals surface area contributed by atoms with Crippen molar-refractivity contribution in [2.45, 2.75) is 0 Å². The third kappa shape index (κ3) is 5.51. The van der Waals surface area contributed by atoms with Crippen molar-refractivity contribution in [3.8, 4) is 5.75 Å². The lowest BCUT2D eigenvalue weighted by Crippen LogP contribution is -2.19. The van der Waals surface area contributed by atoms with Crippen molar-refractivity contribution in [1.82, 2.24) is 0 Å². The highest BCUT2D eigenvalue weighted by Gasteiger charge is 2.05. The molecule has 3 N–H and O–H groups in total. The molecule has 0 bridgehead atoms. The van der Waals surface area contributed by atoms with E-state index in [0.29, 0.717) is 10.2 Å². The lowest BCUT2D eigenvalue weighted by Gasteiger charge is -2.04. The van der Waals surface area contributed by atoms with Crippen LogP contribution >= 0.6 is 15.9 Å². The SMILES string of the molecule is NC(=O)COc1ccc(/C=C/C(=O)Nc2ccc(Br)cc2F)cc1. The van der Waals surface area contributed by atoms with E-state index >= 15 is 0 Å². The molecule has 24 heavy (non-hydrogen) atoms. The monoisotopic (exact) mass is 392 g/mol. The van der Waals surface area contributed by atoms with E-state index in [-0.39, 0.29) is 12.3 Å². The van der Waals surface area contributed by atoms with Gasteiger partial charge in [0.05, 0.1) is 5.69 Å². The van der Waals surface area contributed by atoms with Gasteiger partial charge in [-0.2, -0.15) is 0 Å². The molecule has 0 aliphatic carbocycles. The predicted octanol–water partition coefficient (Wildman–Crippen LogP) is 3.10. The highest BCUT2D eigenvalue weighted by Crippen LogP contribution is 2.19. The van der Waals surface area contributed by atoms with E-state index in [1.54, 1.807) is 36.4 Å². The minimum absolute atomic E-state index is 0.100. The van der Waals surface area contributed by atoms with Crippen molar-refractivity contribution < 1.29 is 18.7 Å². The van der Waals surface area contributed by atoms with E-state index < -0.39 is 17.6 Å². The van der Waals surface area contributed by atoms with Gasteiger partial charge in [-0.25, -0.2) is 4.39 Å². The van der Waals surface area contributed by atoms with Crippen molar-refractivity contribution in [3.63, 3.8) is 0 Å². The fraction of sp³-hybridized carbons (Fsp3) is 0.0588. The topological polar surface area (TPSA) is 81.4 Å². The van der Waals surface area contributed by atoms with Crippen molar-refractivity contribution in [2.24, 2.45) is 5.73 Å². The van der Waals surface area contributed by atoms with Crippen LogP contribution in [0.3, 0.4) is 0 Å². The molecule has 0 heterocycles. The maximum absolute atomic E-state index is 13.6. The maximum atomic E-state index is 13.6. The van der Waals surface area contributed by atoms with Crippen LogP contribution in [0.15, 0.2) is 53.0 Å². The van der Waals surface area contributed by atoms with Crippen molar-refractivity contribution in [2.75, 3.05) is 11.9 Å². The first-order chi connectivity index (χ1) is 11.4. The summed E-state index contributed by atoms with van der Waals surface area (Å²) in [5.41, 5.74) is 5.83. The summed E-state index contributed by atoms with van der Waals surface area (Å²) in [6.45, 7) is -0.198. The van der Waals surface area contributed by atoms with Crippen LogP contribution in [-0.4, -0.2) is 18.4 Å². The summed E-state index contributed by atoms with van der Waals surface area (Å²) < 4.78 is 19.3. The van der Waals surface area contributed by atoms with Crippen LogP contribution in [0, 0.1) is 5.82 Å². The number of anilines is 1. The Kier molecular flexibility index (Phi) is 6.08. The minimum Gasteiger partial charge on any atom is -0.484 e. The number of hydrogen-bond acceptors (Lipinski definition) is 3. The molecule has 0 fully saturated rings. The Morgan fingerprint density at radius 1 is 1.21 bits per heavy atom. The molecule has 0 radical (unpaired) electrons. The second-order valence-corrected chi connectivity index (χ2v) is 5.69.